The van der Waals surface area contributed by atoms with Crippen LogP contribution >= 0.6 is 0 Å². The van der Waals surface area contributed by atoms with E-state index in [2.05, 4.69) is 34.9 Å². The lowest BCUT2D eigenvalue weighted by Crippen LogP contribution is -2.32. The molecular formula is C23H23N3O2. The molecule has 3 rings (SSSR count). The van der Waals surface area contributed by atoms with Gasteiger partial charge in [-0.1, -0.05) is 60.2 Å². The molecule has 142 valence electrons. The van der Waals surface area contributed by atoms with Crippen LogP contribution in [-0.2, 0) is 4.79 Å². The number of nitrogens with one attached hydrogen (secondary N) is 2. The molecule has 0 unspecified atom stereocenters. The SMILES string of the molecule is Cc1ccc([C@H](NCC(=O)Nc2ccc(C(N)=O)cc2)c2ccccc2)cc1. The van der Waals surface area contributed by atoms with E-state index < -0.39 is 5.91 Å². The largest absolute Gasteiger partial charge is 0.366 e. The van der Waals surface area contributed by atoms with Gasteiger partial charge in [-0.05, 0) is 42.3 Å². The minimum Gasteiger partial charge on any atom is -0.366 e. The van der Waals surface area contributed by atoms with E-state index in [-0.39, 0.29) is 18.5 Å². The third kappa shape index (κ3) is 5.05. The lowest BCUT2D eigenvalue weighted by Gasteiger charge is -2.20. The first kappa shape index (κ1) is 19.3. The summed E-state index contributed by atoms with van der Waals surface area (Å²) in [5, 5.41) is 6.16. The van der Waals surface area contributed by atoms with Gasteiger partial charge in [-0.2, -0.15) is 0 Å². The summed E-state index contributed by atoms with van der Waals surface area (Å²) in [4.78, 5) is 23.5. The van der Waals surface area contributed by atoms with Crippen molar-refractivity contribution in [1.82, 2.24) is 5.32 Å². The number of carbonyl (C=O) groups is 2. The predicted octanol–water partition coefficient (Wildman–Crippen LogP) is 3.41. The smallest absolute Gasteiger partial charge is 0.248 e. The van der Waals surface area contributed by atoms with Crippen molar-refractivity contribution in [2.45, 2.75) is 13.0 Å². The predicted molar refractivity (Wildman–Crippen MR) is 111 cm³/mol. The standard InChI is InChI=1S/C23H23N3O2/c1-16-7-9-18(10-8-16)22(17-5-3-2-4-6-17)25-15-21(27)26-20-13-11-19(12-14-20)23(24)28/h2-14,22,25H,15H2,1H3,(H2,24,28)(H,26,27)/t22-/m1/s1. The fraction of sp³-hybridized carbons (Fsp3) is 0.130. The topological polar surface area (TPSA) is 84.2 Å². The summed E-state index contributed by atoms with van der Waals surface area (Å²) < 4.78 is 0. The van der Waals surface area contributed by atoms with Gasteiger partial charge in [-0.3, -0.25) is 14.9 Å². The van der Waals surface area contributed by atoms with Crippen LogP contribution in [0.15, 0.2) is 78.9 Å². The number of amides is 2. The van der Waals surface area contributed by atoms with Gasteiger partial charge in [-0.15, -0.1) is 0 Å². The third-order valence-corrected chi connectivity index (χ3v) is 4.46. The molecule has 3 aromatic carbocycles. The van der Waals surface area contributed by atoms with E-state index in [1.54, 1.807) is 24.3 Å². The van der Waals surface area contributed by atoms with Gasteiger partial charge in [0.05, 0.1) is 12.6 Å². The molecule has 0 radical (unpaired) electrons. The molecule has 5 nitrogen and oxygen atoms in total. The summed E-state index contributed by atoms with van der Waals surface area (Å²) in [6.45, 7) is 2.19. The van der Waals surface area contributed by atoms with Crippen molar-refractivity contribution in [3.63, 3.8) is 0 Å². The lowest BCUT2D eigenvalue weighted by molar-refractivity contribution is -0.115. The zero-order chi connectivity index (χ0) is 19.9. The van der Waals surface area contributed by atoms with Crippen molar-refractivity contribution in [1.29, 1.82) is 0 Å². The maximum atomic E-state index is 12.4. The molecule has 28 heavy (non-hydrogen) atoms. The number of primary amides is 1. The zero-order valence-electron chi connectivity index (χ0n) is 15.7. The third-order valence-electron chi connectivity index (χ3n) is 4.46. The molecule has 0 saturated carbocycles. The van der Waals surface area contributed by atoms with Gasteiger partial charge < -0.3 is 11.1 Å². The number of nitrogens with two attached hydrogens (primary N) is 1. The van der Waals surface area contributed by atoms with Crippen molar-refractivity contribution in [3.8, 4) is 0 Å². The Morgan fingerprint density at radius 2 is 1.46 bits per heavy atom. The van der Waals surface area contributed by atoms with Crippen molar-refractivity contribution in [2.24, 2.45) is 5.73 Å². The molecule has 4 N–H and O–H groups in total. The summed E-state index contributed by atoms with van der Waals surface area (Å²) in [6.07, 6.45) is 0. The highest BCUT2D eigenvalue weighted by atomic mass is 16.2. The van der Waals surface area contributed by atoms with Crippen LogP contribution in [0.2, 0.25) is 0 Å². The first-order chi connectivity index (χ1) is 13.5. The Labute approximate surface area is 164 Å². The maximum absolute atomic E-state index is 12.4. The van der Waals surface area contributed by atoms with E-state index in [1.165, 1.54) is 5.56 Å². The molecule has 0 bridgehead atoms. The summed E-state index contributed by atoms with van der Waals surface area (Å²) in [5.74, 6) is -0.664. The van der Waals surface area contributed by atoms with Crippen LogP contribution in [0.3, 0.4) is 0 Å². The first-order valence-corrected chi connectivity index (χ1v) is 9.07. The molecule has 0 fully saturated rings. The van der Waals surface area contributed by atoms with Crippen LogP contribution in [0.1, 0.15) is 33.1 Å². The molecule has 0 heterocycles. The van der Waals surface area contributed by atoms with Crippen molar-refractivity contribution in [2.75, 3.05) is 11.9 Å². The number of hydrogen-bond donors (Lipinski definition) is 3. The van der Waals surface area contributed by atoms with Gasteiger partial charge in [0.15, 0.2) is 0 Å². The van der Waals surface area contributed by atoms with Crippen LogP contribution in [0.5, 0.6) is 0 Å². The molecule has 0 spiro atoms. The molecule has 0 aromatic heterocycles. The van der Waals surface area contributed by atoms with Crippen LogP contribution < -0.4 is 16.4 Å². The maximum Gasteiger partial charge on any atom is 0.248 e. The summed E-state index contributed by atoms with van der Waals surface area (Å²) in [7, 11) is 0. The highest BCUT2D eigenvalue weighted by Crippen LogP contribution is 2.22. The molecule has 0 aliphatic rings. The van der Waals surface area contributed by atoms with Crippen LogP contribution in [0.4, 0.5) is 5.69 Å². The first-order valence-electron chi connectivity index (χ1n) is 9.07. The van der Waals surface area contributed by atoms with Crippen LogP contribution in [0, 0.1) is 6.92 Å². The second kappa shape index (κ2) is 8.97. The van der Waals surface area contributed by atoms with Gasteiger partial charge in [0.1, 0.15) is 0 Å². The number of carbonyl (C=O) groups excluding carboxylic acids is 2. The Bertz CT molecular complexity index is 936. The normalized spacial score (nSPS) is 11.6. The molecule has 1 atom stereocenters. The minimum atomic E-state index is -0.497. The Kier molecular flexibility index (Phi) is 6.19. The van der Waals surface area contributed by atoms with E-state index in [0.717, 1.165) is 11.1 Å². The highest BCUT2D eigenvalue weighted by Gasteiger charge is 2.15. The van der Waals surface area contributed by atoms with E-state index in [1.807, 2.05) is 37.3 Å². The number of aryl methyl sites for hydroxylation is 1. The van der Waals surface area contributed by atoms with Gasteiger partial charge in [-0.25, -0.2) is 0 Å². The van der Waals surface area contributed by atoms with Crippen molar-refractivity contribution >= 4 is 17.5 Å². The fourth-order valence-corrected chi connectivity index (χ4v) is 2.95. The van der Waals surface area contributed by atoms with Gasteiger partial charge in [0.25, 0.3) is 0 Å². The lowest BCUT2D eigenvalue weighted by atomic mass is 9.98. The summed E-state index contributed by atoms with van der Waals surface area (Å²) in [5.41, 5.74) is 9.61. The van der Waals surface area contributed by atoms with E-state index in [0.29, 0.717) is 11.3 Å². The monoisotopic (exact) mass is 373 g/mol. The minimum absolute atomic E-state index is 0.0928. The second-order valence-corrected chi connectivity index (χ2v) is 6.63. The number of benzene rings is 3. The van der Waals surface area contributed by atoms with Crippen molar-refractivity contribution in [3.05, 3.63) is 101 Å². The molecule has 0 aliphatic carbocycles. The zero-order valence-corrected chi connectivity index (χ0v) is 15.7. The molecule has 0 aliphatic heterocycles. The van der Waals surface area contributed by atoms with Crippen LogP contribution in [-0.4, -0.2) is 18.4 Å². The number of hydrogen-bond acceptors (Lipinski definition) is 3. The van der Waals surface area contributed by atoms with E-state index >= 15 is 0 Å². The van der Waals surface area contributed by atoms with Crippen molar-refractivity contribution < 1.29 is 9.59 Å². The van der Waals surface area contributed by atoms with E-state index in [9.17, 15) is 9.59 Å². The van der Waals surface area contributed by atoms with Gasteiger partial charge in [0, 0.05) is 11.3 Å². The molecular weight excluding hydrogens is 350 g/mol. The molecule has 2 amide bonds. The van der Waals surface area contributed by atoms with Crippen LogP contribution in [0.25, 0.3) is 0 Å². The van der Waals surface area contributed by atoms with Gasteiger partial charge >= 0.3 is 0 Å². The fourth-order valence-electron chi connectivity index (χ4n) is 2.95. The average Bonchev–Trinajstić information content (AvgIpc) is 2.70. The molecule has 5 heteroatoms. The Balaban J connectivity index is 1.68. The number of anilines is 1. The number of rotatable bonds is 7. The summed E-state index contributed by atoms with van der Waals surface area (Å²) >= 11 is 0. The Hall–Kier alpha value is -3.44. The Morgan fingerprint density at radius 3 is 2.07 bits per heavy atom. The highest BCUT2D eigenvalue weighted by molar-refractivity contribution is 5.95. The quantitative estimate of drug-likeness (QED) is 0.593. The van der Waals surface area contributed by atoms with E-state index in [4.69, 9.17) is 5.73 Å². The molecule has 0 saturated heterocycles. The Morgan fingerprint density at radius 1 is 0.857 bits per heavy atom. The van der Waals surface area contributed by atoms with Gasteiger partial charge in [0.2, 0.25) is 11.8 Å². The summed E-state index contributed by atoms with van der Waals surface area (Å²) in [6, 6.07) is 24.7. The second-order valence-electron chi connectivity index (χ2n) is 6.63. The average molecular weight is 373 g/mol. The molecule has 3 aromatic rings.